The zero-order valence-corrected chi connectivity index (χ0v) is 13.1. The Morgan fingerprint density at radius 3 is 2.43 bits per heavy atom. The molecule has 0 aromatic heterocycles. The van der Waals surface area contributed by atoms with Gasteiger partial charge in [0.25, 0.3) is 0 Å². The van der Waals surface area contributed by atoms with Crippen LogP contribution in [0.5, 0.6) is 11.5 Å². The fourth-order valence-electron chi connectivity index (χ4n) is 1.78. The highest BCUT2D eigenvalue weighted by Gasteiger charge is 2.12. The molecular weight excluding hydrogens is 299 g/mol. The minimum Gasteiger partial charge on any atom is -0.493 e. The molecule has 0 aliphatic heterocycles. The van der Waals surface area contributed by atoms with Gasteiger partial charge >= 0.3 is 5.97 Å². The van der Waals surface area contributed by atoms with Crippen molar-refractivity contribution in [2.24, 2.45) is 5.10 Å². The normalized spacial score (nSPS) is 10.6. The van der Waals surface area contributed by atoms with E-state index in [-0.39, 0.29) is 11.3 Å². The van der Waals surface area contributed by atoms with Crippen LogP contribution in [0.2, 0.25) is 0 Å². The van der Waals surface area contributed by atoms with Crippen molar-refractivity contribution in [3.63, 3.8) is 0 Å². The van der Waals surface area contributed by atoms with Gasteiger partial charge in [0.15, 0.2) is 11.5 Å². The molecule has 0 bridgehead atoms. The first-order valence-corrected chi connectivity index (χ1v) is 6.86. The van der Waals surface area contributed by atoms with E-state index >= 15 is 0 Å². The topological polar surface area (TPSA) is 51.1 Å². The van der Waals surface area contributed by atoms with E-state index in [1.54, 1.807) is 29.4 Å². The number of ether oxygens (including phenoxy) is 2. The molecule has 120 valence electrons. The molecule has 0 saturated heterocycles. The predicted octanol–water partition coefficient (Wildman–Crippen LogP) is 2.95. The second kappa shape index (κ2) is 7.40. The van der Waals surface area contributed by atoms with Gasteiger partial charge in [0, 0.05) is 14.1 Å². The third-order valence-corrected chi connectivity index (χ3v) is 2.91. The number of hydrogen-bond donors (Lipinski definition) is 0. The van der Waals surface area contributed by atoms with Crippen LogP contribution in [0.1, 0.15) is 15.9 Å². The minimum absolute atomic E-state index is 0.256. The zero-order valence-electron chi connectivity index (χ0n) is 13.1. The number of methoxy groups -OCH3 is 1. The fourth-order valence-corrected chi connectivity index (χ4v) is 1.78. The summed E-state index contributed by atoms with van der Waals surface area (Å²) in [6, 6.07) is 10.2. The molecular formula is C17H17FN2O3. The molecule has 2 aromatic rings. The van der Waals surface area contributed by atoms with E-state index in [9.17, 15) is 9.18 Å². The Labute approximate surface area is 133 Å². The van der Waals surface area contributed by atoms with Crippen LogP contribution in [0.4, 0.5) is 4.39 Å². The number of nitrogens with zero attached hydrogens (tertiary/aromatic N) is 2. The minimum atomic E-state index is -0.585. The Bertz CT molecular complexity index is 712. The maximum Gasteiger partial charge on any atom is 0.343 e. The average Bonchev–Trinajstić information content (AvgIpc) is 2.54. The fraction of sp³-hybridized carbons (Fsp3) is 0.176. The van der Waals surface area contributed by atoms with Crippen molar-refractivity contribution in [1.29, 1.82) is 0 Å². The van der Waals surface area contributed by atoms with Crippen LogP contribution >= 0.6 is 0 Å². The molecule has 2 rings (SSSR count). The van der Waals surface area contributed by atoms with Crippen molar-refractivity contribution >= 4 is 12.2 Å². The predicted molar refractivity (Wildman–Crippen MR) is 85.6 cm³/mol. The zero-order chi connectivity index (χ0) is 16.8. The molecule has 6 heteroatoms. The van der Waals surface area contributed by atoms with Gasteiger partial charge in [-0.1, -0.05) is 0 Å². The lowest BCUT2D eigenvalue weighted by molar-refractivity contribution is 0.0729. The lowest BCUT2D eigenvalue weighted by Gasteiger charge is -2.10. The molecule has 0 radical (unpaired) electrons. The molecule has 0 heterocycles. The summed E-state index contributed by atoms with van der Waals surface area (Å²) < 4.78 is 23.4. The number of hydrazone groups is 1. The van der Waals surface area contributed by atoms with Gasteiger partial charge < -0.3 is 14.5 Å². The van der Waals surface area contributed by atoms with Crippen molar-refractivity contribution in [2.75, 3.05) is 21.2 Å². The largest absolute Gasteiger partial charge is 0.493 e. The van der Waals surface area contributed by atoms with E-state index < -0.39 is 11.8 Å². The summed E-state index contributed by atoms with van der Waals surface area (Å²) >= 11 is 0. The number of hydrogen-bond acceptors (Lipinski definition) is 5. The molecule has 0 atom stereocenters. The lowest BCUT2D eigenvalue weighted by Crippen LogP contribution is -2.09. The molecule has 23 heavy (non-hydrogen) atoms. The molecule has 0 aliphatic carbocycles. The Balaban J connectivity index is 2.19. The molecule has 0 aliphatic rings. The average molecular weight is 316 g/mol. The highest BCUT2D eigenvalue weighted by atomic mass is 19.1. The number of rotatable bonds is 5. The van der Waals surface area contributed by atoms with Gasteiger partial charge in [-0.3, -0.25) is 0 Å². The number of carbonyl (C=O) groups excluding carboxylic acids is 1. The Hall–Kier alpha value is -2.89. The molecule has 0 saturated carbocycles. The van der Waals surface area contributed by atoms with Crippen molar-refractivity contribution in [3.05, 3.63) is 59.4 Å². The number of carbonyl (C=O) groups is 1. The molecule has 5 nitrogen and oxygen atoms in total. The van der Waals surface area contributed by atoms with Crippen molar-refractivity contribution < 1.29 is 18.7 Å². The smallest absolute Gasteiger partial charge is 0.343 e. The highest BCUT2D eigenvalue weighted by Crippen LogP contribution is 2.28. The van der Waals surface area contributed by atoms with E-state index in [0.717, 1.165) is 5.56 Å². The second-order valence-corrected chi connectivity index (χ2v) is 4.90. The molecule has 0 N–H and O–H groups in total. The van der Waals surface area contributed by atoms with Crippen molar-refractivity contribution in [1.82, 2.24) is 5.01 Å². The number of esters is 1. The quantitative estimate of drug-likeness (QED) is 0.368. The van der Waals surface area contributed by atoms with E-state index in [2.05, 4.69) is 5.10 Å². The van der Waals surface area contributed by atoms with Crippen LogP contribution < -0.4 is 9.47 Å². The summed E-state index contributed by atoms with van der Waals surface area (Å²) in [6.45, 7) is 0. The number of benzene rings is 2. The maximum atomic E-state index is 12.9. The van der Waals surface area contributed by atoms with Gasteiger partial charge in [-0.2, -0.15) is 5.10 Å². The van der Waals surface area contributed by atoms with Gasteiger partial charge in [0.1, 0.15) is 5.82 Å². The van der Waals surface area contributed by atoms with E-state index in [0.29, 0.717) is 5.75 Å². The van der Waals surface area contributed by atoms with Crippen LogP contribution in [0.3, 0.4) is 0 Å². The first-order valence-electron chi connectivity index (χ1n) is 6.86. The standard InChI is InChI=1S/C17H17FN2O3/c1-20(2)19-11-12-4-9-15(16(10-12)22-3)23-17(21)13-5-7-14(18)8-6-13/h4-11H,1-3H3/b19-11-. The summed E-state index contributed by atoms with van der Waals surface area (Å²) in [5.74, 6) is -0.311. The van der Waals surface area contributed by atoms with Crippen LogP contribution in [0.25, 0.3) is 0 Å². The van der Waals surface area contributed by atoms with Crippen LogP contribution in [-0.4, -0.2) is 38.4 Å². The lowest BCUT2D eigenvalue weighted by atomic mass is 10.2. The molecule has 0 spiro atoms. The van der Waals surface area contributed by atoms with E-state index in [1.807, 2.05) is 14.1 Å². The molecule has 0 unspecified atom stereocenters. The van der Waals surface area contributed by atoms with Gasteiger partial charge in [0.05, 0.1) is 18.9 Å². The monoisotopic (exact) mass is 316 g/mol. The SMILES string of the molecule is COc1cc(/C=N\N(C)C)ccc1OC(=O)c1ccc(F)cc1. The highest BCUT2D eigenvalue weighted by molar-refractivity contribution is 5.91. The summed E-state index contributed by atoms with van der Waals surface area (Å²) in [4.78, 5) is 12.1. The Kier molecular flexibility index (Phi) is 5.30. The Morgan fingerprint density at radius 2 is 1.83 bits per heavy atom. The molecule has 2 aromatic carbocycles. The van der Waals surface area contributed by atoms with Crippen LogP contribution in [-0.2, 0) is 0 Å². The third-order valence-electron chi connectivity index (χ3n) is 2.91. The summed E-state index contributed by atoms with van der Waals surface area (Å²) in [7, 11) is 5.11. The third kappa shape index (κ3) is 4.54. The van der Waals surface area contributed by atoms with Gasteiger partial charge in [-0.25, -0.2) is 9.18 Å². The summed E-state index contributed by atoms with van der Waals surface area (Å²) in [5, 5.41) is 5.79. The van der Waals surface area contributed by atoms with Gasteiger partial charge in [0.2, 0.25) is 0 Å². The molecule has 0 fully saturated rings. The second-order valence-electron chi connectivity index (χ2n) is 4.90. The van der Waals surface area contributed by atoms with E-state index in [4.69, 9.17) is 9.47 Å². The first-order chi connectivity index (χ1) is 11.0. The maximum absolute atomic E-state index is 12.9. The molecule has 0 amide bonds. The van der Waals surface area contributed by atoms with Gasteiger partial charge in [-0.15, -0.1) is 0 Å². The van der Waals surface area contributed by atoms with Crippen molar-refractivity contribution in [3.8, 4) is 11.5 Å². The van der Waals surface area contributed by atoms with Crippen LogP contribution in [0.15, 0.2) is 47.6 Å². The number of halogens is 1. The summed E-state index contributed by atoms with van der Waals surface area (Å²) in [5.41, 5.74) is 1.06. The Morgan fingerprint density at radius 1 is 1.13 bits per heavy atom. The summed E-state index contributed by atoms with van der Waals surface area (Å²) in [6.07, 6.45) is 1.66. The van der Waals surface area contributed by atoms with Crippen LogP contribution in [0, 0.1) is 5.82 Å². The van der Waals surface area contributed by atoms with E-state index in [1.165, 1.54) is 31.4 Å². The van der Waals surface area contributed by atoms with Crippen molar-refractivity contribution in [2.45, 2.75) is 0 Å². The first kappa shape index (κ1) is 16.5. The van der Waals surface area contributed by atoms with Gasteiger partial charge in [-0.05, 0) is 48.0 Å².